The number of alkyl halides is 4. The van der Waals surface area contributed by atoms with Crippen LogP contribution in [0.5, 0.6) is 0 Å². The maximum Gasteiger partial charge on any atom is 0.416 e. The normalized spacial score (nSPS) is 13.3. The molecule has 0 radical (unpaired) electrons. The van der Waals surface area contributed by atoms with E-state index in [0.29, 0.717) is 6.42 Å². The summed E-state index contributed by atoms with van der Waals surface area (Å²) in [4.78, 5) is 0. The first-order valence-electron chi connectivity index (χ1n) is 4.79. The minimum absolute atomic E-state index is 0.0170. The van der Waals surface area contributed by atoms with Crippen LogP contribution in [0, 0.1) is 0 Å². The molecule has 1 N–H and O–H groups in total. The molecule has 0 fully saturated rings. The lowest BCUT2D eigenvalue weighted by Gasteiger charge is -2.20. The molecular formula is C9H16F4O. The van der Waals surface area contributed by atoms with Crippen LogP contribution in [0.15, 0.2) is 0 Å². The van der Waals surface area contributed by atoms with Crippen molar-refractivity contribution in [3.63, 3.8) is 0 Å². The van der Waals surface area contributed by atoms with E-state index in [2.05, 4.69) is 0 Å². The van der Waals surface area contributed by atoms with Gasteiger partial charge >= 0.3 is 12.0 Å². The number of hydrogen-bond donors (Lipinski definition) is 1. The lowest BCUT2D eigenvalue weighted by atomic mass is 10.1. The summed E-state index contributed by atoms with van der Waals surface area (Å²) in [5.41, 5.74) is 0. The van der Waals surface area contributed by atoms with Crippen LogP contribution in [0.4, 0.5) is 17.6 Å². The molecule has 0 bridgehead atoms. The van der Waals surface area contributed by atoms with E-state index < -0.39 is 18.5 Å². The summed E-state index contributed by atoms with van der Waals surface area (Å²) >= 11 is 0. The molecule has 0 aromatic rings. The summed E-state index contributed by atoms with van der Waals surface area (Å²) < 4.78 is 48.6. The van der Waals surface area contributed by atoms with Crippen LogP contribution in [0.1, 0.15) is 45.4 Å². The van der Waals surface area contributed by atoms with E-state index in [-0.39, 0.29) is 6.42 Å². The Kier molecular flexibility index (Phi) is 5.41. The molecule has 0 aromatic heterocycles. The highest BCUT2D eigenvalue weighted by Crippen LogP contribution is 2.36. The van der Waals surface area contributed by atoms with Crippen LogP contribution in [0.3, 0.4) is 0 Å². The standard InChI is InChI=1S/C9H16F4O/c1-2-3-4-5-6-7-8(10,11)9(12,13)14/h14H,2-7H2,1H3. The molecule has 0 aliphatic carbocycles. The molecule has 0 atom stereocenters. The molecule has 0 aliphatic rings. The van der Waals surface area contributed by atoms with Crippen molar-refractivity contribution in [1.82, 2.24) is 0 Å². The second kappa shape index (κ2) is 5.53. The SMILES string of the molecule is CCCCCCCC(F)(F)C(O)(F)F. The molecule has 5 heteroatoms. The molecule has 14 heavy (non-hydrogen) atoms. The van der Waals surface area contributed by atoms with Crippen molar-refractivity contribution in [1.29, 1.82) is 0 Å². The highest BCUT2D eigenvalue weighted by molar-refractivity contribution is 4.74. The zero-order valence-electron chi connectivity index (χ0n) is 8.20. The molecule has 0 spiro atoms. The number of rotatable bonds is 7. The van der Waals surface area contributed by atoms with E-state index in [1.165, 1.54) is 0 Å². The van der Waals surface area contributed by atoms with E-state index in [1.54, 1.807) is 0 Å². The summed E-state index contributed by atoms with van der Waals surface area (Å²) in [6.45, 7) is 1.97. The smallest absolute Gasteiger partial charge is 0.332 e. The minimum Gasteiger partial charge on any atom is -0.332 e. The van der Waals surface area contributed by atoms with Crippen LogP contribution in [-0.4, -0.2) is 17.1 Å². The van der Waals surface area contributed by atoms with E-state index in [0.717, 1.165) is 19.3 Å². The molecule has 0 heterocycles. The number of hydrogen-bond acceptors (Lipinski definition) is 1. The van der Waals surface area contributed by atoms with Gasteiger partial charge in [-0.15, -0.1) is 0 Å². The Bertz CT molecular complexity index is 153. The highest BCUT2D eigenvalue weighted by Gasteiger charge is 2.54. The molecular weight excluding hydrogens is 200 g/mol. The average Bonchev–Trinajstić information content (AvgIpc) is 2.02. The van der Waals surface area contributed by atoms with Crippen molar-refractivity contribution >= 4 is 0 Å². The Labute approximate surface area is 81.1 Å². The van der Waals surface area contributed by atoms with Crippen molar-refractivity contribution in [3.05, 3.63) is 0 Å². The summed E-state index contributed by atoms with van der Waals surface area (Å²) in [5, 5.41) is 7.86. The maximum absolute atomic E-state index is 12.4. The summed E-state index contributed by atoms with van der Waals surface area (Å²) in [5.74, 6) is -4.29. The van der Waals surface area contributed by atoms with Gasteiger partial charge in [0.25, 0.3) is 0 Å². The minimum atomic E-state index is -4.89. The average molecular weight is 216 g/mol. The van der Waals surface area contributed by atoms with Gasteiger partial charge in [-0.3, -0.25) is 0 Å². The van der Waals surface area contributed by atoms with Gasteiger partial charge in [0.05, 0.1) is 0 Å². The molecule has 0 aromatic carbocycles. The van der Waals surface area contributed by atoms with Crippen LogP contribution in [0.25, 0.3) is 0 Å². The lowest BCUT2D eigenvalue weighted by Crippen LogP contribution is -2.39. The molecule has 0 saturated heterocycles. The third-order valence-electron chi connectivity index (χ3n) is 2.03. The Hall–Kier alpha value is -0.320. The Morgan fingerprint density at radius 2 is 1.43 bits per heavy atom. The summed E-state index contributed by atoms with van der Waals surface area (Å²) in [6.07, 6.45) is -2.68. The molecule has 0 saturated carbocycles. The first-order chi connectivity index (χ1) is 6.31. The maximum atomic E-state index is 12.4. The van der Waals surface area contributed by atoms with Gasteiger partial charge in [0.2, 0.25) is 0 Å². The monoisotopic (exact) mass is 216 g/mol. The first kappa shape index (κ1) is 13.7. The molecule has 0 aliphatic heterocycles. The van der Waals surface area contributed by atoms with E-state index in [4.69, 9.17) is 5.11 Å². The Morgan fingerprint density at radius 1 is 0.929 bits per heavy atom. The van der Waals surface area contributed by atoms with Gasteiger partial charge in [0.1, 0.15) is 0 Å². The fourth-order valence-corrected chi connectivity index (χ4v) is 1.10. The van der Waals surface area contributed by atoms with Gasteiger partial charge < -0.3 is 5.11 Å². The van der Waals surface area contributed by atoms with Crippen LogP contribution in [0.2, 0.25) is 0 Å². The molecule has 0 unspecified atom stereocenters. The van der Waals surface area contributed by atoms with Crippen molar-refractivity contribution < 1.29 is 22.7 Å². The van der Waals surface area contributed by atoms with Crippen LogP contribution in [-0.2, 0) is 0 Å². The second-order valence-electron chi connectivity index (χ2n) is 3.41. The van der Waals surface area contributed by atoms with Crippen molar-refractivity contribution in [2.24, 2.45) is 0 Å². The molecule has 1 nitrogen and oxygen atoms in total. The van der Waals surface area contributed by atoms with Gasteiger partial charge in [-0.05, 0) is 6.42 Å². The predicted octanol–water partition coefficient (Wildman–Crippen LogP) is 3.57. The fraction of sp³-hybridized carbons (Fsp3) is 1.00. The van der Waals surface area contributed by atoms with Gasteiger partial charge in [-0.25, -0.2) is 0 Å². The van der Waals surface area contributed by atoms with Gasteiger partial charge in [0, 0.05) is 6.42 Å². The van der Waals surface area contributed by atoms with E-state index in [1.807, 2.05) is 6.92 Å². The quantitative estimate of drug-likeness (QED) is 0.509. The van der Waals surface area contributed by atoms with E-state index >= 15 is 0 Å². The van der Waals surface area contributed by atoms with Crippen molar-refractivity contribution in [3.8, 4) is 0 Å². The topological polar surface area (TPSA) is 20.2 Å². The lowest BCUT2D eigenvalue weighted by molar-refractivity contribution is -0.327. The third-order valence-corrected chi connectivity index (χ3v) is 2.03. The van der Waals surface area contributed by atoms with Crippen molar-refractivity contribution in [2.75, 3.05) is 0 Å². The van der Waals surface area contributed by atoms with Crippen molar-refractivity contribution in [2.45, 2.75) is 57.5 Å². The van der Waals surface area contributed by atoms with Gasteiger partial charge in [-0.1, -0.05) is 32.6 Å². The predicted molar refractivity (Wildman–Crippen MR) is 45.5 cm³/mol. The van der Waals surface area contributed by atoms with E-state index in [9.17, 15) is 17.6 Å². The number of aliphatic hydroxyl groups is 1. The summed E-state index contributed by atoms with van der Waals surface area (Å²) in [7, 11) is 0. The van der Waals surface area contributed by atoms with Gasteiger partial charge in [0.15, 0.2) is 0 Å². The first-order valence-corrected chi connectivity index (χ1v) is 4.79. The van der Waals surface area contributed by atoms with Crippen LogP contribution >= 0.6 is 0 Å². The van der Waals surface area contributed by atoms with Gasteiger partial charge in [-0.2, -0.15) is 17.6 Å². The Balaban J connectivity index is 3.67. The second-order valence-corrected chi connectivity index (χ2v) is 3.41. The molecule has 86 valence electrons. The molecule has 0 amide bonds. The third kappa shape index (κ3) is 4.79. The molecule has 0 rings (SSSR count). The number of halogens is 4. The van der Waals surface area contributed by atoms with Crippen LogP contribution < -0.4 is 0 Å². The zero-order chi connectivity index (χ0) is 11.2. The Morgan fingerprint density at radius 3 is 1.86 bits per heavy atom. The zero-order valence-corrected chi connectivity index (χ0v) is 8.20. The fourth-order valence-electron chi connectivity index (χ4n) is 1.10. The highest BCUT2D eigenvalue weighted by atomic mass is 19.3. The largest absolute Gasteiger partial charge is 0.416 e. The number of unbranched alkanes of at least 4 members (excludes halogenated alkanes) is 4. The summed E-state index contributed by atoms with van der Waals surface area (Å²) in [6, 6.07) is 0.